The second-order valence-corrected chi connectivity index (χ2v) is 8.60. The van der Waals surface area contributed by atoms with Crippen LogP contribution in [0.1, 0.15) is 34.1 Å². The monoisotopic (exact) mass is 423 g/mol. The minimum Gasteiger partial charge on any atom is -0.339 e. The molecule has 1 aliphatic rings. The highest BCUT2D eigenvalue weighted by Crippen LogP contribution is 2.35. The fourth-order valence-corrected chi connectivity index (χ4v) is 4.95. The molecule has 0 saturated carbocycles. The smallest absolute Gasteiger partial charge is 0.255 e. The Balaban J connectivity index is 1.25. The zero-order valence-electron chi connectivity index (χ0n) is 15.5. The zero-order chi connectivity index (χ0) is 19.8. The molecule has 0 radical (unpaired) electrons. The van der Waals surface area contributed by atoms with E-state index in [1.165, 1.54) is 0 Å². The molecule has 146 valence electrons. The predicted octanol–water partition coefficient (Wildman–Crippen LogP) is 4.55. The summed E-state index contributed by atoms with van der Waals surface area (Å²) in [5.41, 5.74) is 1.57. The van der Waals surface area contributed by atoms with Crippen LogP contribution in [0, 0.1) is 0 Å². The average Bonchev–Trinajstić information content (AvgIpc) is 3.43. The van der Waals surface area contributed by atoms with E-state index in [0.717, 1.165) is 47.0 Å². The van der Waals surface area contributed by atoms with E-state index in [-0.39, 0.29) is 5.91 Å². The molecule has 8 heteroatoms. The number of nitrogens with zero attached hydrogens (tertiary/aromatic N) is 5. The van der Waals surface area contributed by atoms with Gasteiger partial charge in [-0.25, -0.2) is 15.0 Å². The zero-order valence-corrected chi connectivity index (χ0v) is 17.1. The number of imidazole rings is 1. The van der Waals surface area contributed by atoms with Gasteiger partial charge in [-0.15, -0.1) is 11.3 Å². The highest BCUT2D eigenvalue weighted by atomic mass is 35.5. The number of pyridine rings is 1. The molecule has 0 bridgehead atoms. The summed E-state index contributed by atoms with van der Waals surface area (Å²) in [6.07, 6.45) is 8.68. The molecule has 5 rings (SSSR count). The van der Waals surface area contributed by atoms with Crippen LogP contribution in [-0.2, 0) is 0 Å². The van der Waals surface area contributed by atoms with E-state index >= 15 is 0 Å². The number of aromatic nitrogens is 4. The van der Waals surface area contributed by atoms with Crippen molar-refractivity contribution in [2.45, 2.75) is 18.8 Å². The summed E-state index contributed by atoms with van der Waals surface area (Å²) >= 11 is 7.80. The molecule has 1 amide bonds. The normalized spacial score (nSPS) is 15.1. The Morgan fingerprint density at radius 1 is 1.17 bits per heavy atom. The fraction of sp³-hybridized carbons (Fsp3) is 0.238. The van der Waals surface area contributed by atoms with E-state index in [1.54, 1.807) is 30.1 Å². The standard InChI is InChI=1S/C21H18ClN5OS/c22-16-2-3-18-17(11-16)25-20(29-18)14-5-8-26(9-6-14)21(28)15-1-4-19(24-12-15)27-10-7-23-13-27/h1-4,7,10-14H,5-6,8-9H2. The van der Waals surface area contributed by atoms with Crippen molar-refractivity contribution in [1.29, 1.82) is 0 Å². The average molecular weight is 424 g/mol. The van der Waals surface area contributed by atoms with Crippen LogP contribution in [0.5, 0.6) is 0 Å². The Morgan fingerprint density at radius 3 is 2.76 bits per heavy atom. The largest absolute Gasteiger partial charge is 0.339 e. The third-order valence-corrected chi connectivity index (χ3v) is 6.70. The molecule has 0 aliphatic carbocycles. The first kappa shape index (κ1) is 18.3. The number of halogens is 1. The molecule has 4 heterocycles. The van der Waals surface area contributed by atoms with Crippen molar-refractivity contribution >= 4 is 39.1 Å². The van der Waals surface area contributed by atoms with Gasteiger partial charge in [0.25, 0.3) is 5.91 Å². The van der Waals surface area contributed by atoms with Gasteiger partial charge >= 0.3 is 0 Å². The lowest BCUT2D eigenvalue weighted by Gasteiger charge is -2.31. The van der Waals surface area contributed by atoms with Gasteiger partial charge in [0.15, 0.2) is 0 Å². The van der Waals surface area contributed by atoms with Crippen molar-refractivity contribution in [3.8, 4) is 5.82 Å². The number of carbonyl (C=O) groups is 1. The molecular formula is C21H18ClN5OS. The predicted molar refractivity (Wildman–Crippen MR) is 114 cm³/mol. The summed E-state index contributed by atoms with van der Waals surface area (Å²) in [6, 6.07) is 9.51. The number of benzene rings is 1. The van der Waals surface area contributed by atoms with Crippen molar-refractivity contribution in [3.05, 3.63) is 70.8 Å². The van der Waals surface area contributed by atoms with Gasteiger partial charge in [0.2, 0.25) is 0 Å². The van der Waals surface area contributed by atoms with Crippen molar-refractivity contribution in [2.75, 3.05) is 13.1 Å². The minimum absolute atomic E-state index is 0.0317. The summed E-state index contributed by atoms with van der Waals surface area (Å²) in [5.74, 6) is 1.16. The topological polar surface area (TPSA) is 63.9 Å². The van der Waals surface area contributed by atoms with E-state index < -0.39 is 0 Å². The number of hydrogen-bond donors (Lipinski definition) is 0. The van der Waals surface area contributed by atoms with Crippen LogP contribution in [0.2, 0.25) is 5.02 Å². The van der Waals surface area contributed by atoms with E-state index in [1.807, 2.05) is 46.0 Å². The number of carbonyl (C=O) groups excluding carboxylic acids is 1. The second-order valence-electron chi connectivity index (χ2n) is 7.11. The lowest BCUT2D eigenvalue weighted by atomic mass is 9.97. The highest BCUT2D eigenvalue weighted by Gasteiger charge is 2.26. The molecule has 0 N–H and O–H groups in total. The van der Waals surface area contributed by atoms with Crippen molar-refractivity contribution in [3.63, 3.8) is 0 Å². The van der Waals surface area contributed by atoms with Crippen LogP contribution in [0.15, 0.2) is 55.2 Å². The Bertz CT molecular complexity index is 1150. The molecule has 1 fully saturated rings. The van der Waals surface area contributed by atoms with E-state index in [2.05, 4.69) is 9.97 Å². The lowest BCUT2D eigenvalue weighted by Crippen LogP contribution is -2.38. The SMILES string of the molecule is O=C(c1ccc(-n2ccnc2)nc1)N1CCC(c2nc3cc(Cl)ccc3s2)CC1. The second kappa shape index (κ2) is 7.57. The molecule has 3 aromatic heterocycles. The van der Waals surface area contributed by atoms with Gasteiger partial charge in [0.1, 0.15) is 12.1 Å². The van der Waals surface area contributed by atoms with Gasteiger partial charge in [-0.1, -0.05) is 11.6 Å². The van der Waals surface area contributed by atoms with E-state index in [4.69, 9.17) is 16.6 Å². The molecule has 1 aromatic carbocycles. The maximum Gasteiger partial charge on any atom is 0.255 e. The number of piperidine rings is 1. The van der Waals surface area contributed by atoms with Crippen LogP contribution >= 0.6 is 22.9 Å². The molecular weight excluding hydrogens is 406 g/mol. The van der Waals surface area contributed by atoms with Crippen LogP contribution in [-0.4, -0.2) is 43.4 Å². The van der Waals surface area contributed by atoms with E-state index in [0.29, 0.717) is 16.5 Å². The summed E-state index contributed by atoms with van der Waals surface area (Å²) in [6.45, 7) is 1.45. The number of amides is 1. The number of likely N-dealkylation sites (tertiary alicyclic amines) is 1. The van der Waals surface area contributed by atoms with Gasteiger partial charge in [-0.05, 0) is 43.2 Å². The Morgan fingerprint density at radius 2 is 2.03 bits per heavy atom. The van der Waals surface area contributed by atoms with Crippen LogP contribution < -0.4 is 0 Å². The maximum absolute atomic E-state index is 12.9. The molecule has 29 heavy (non-hydrogen) atoms. The molecule has 6 nitrogen and oxygen atoms in total. The van der Waals surface area contributed by atoms with Crippen molar-refractivity contribution in [1.82, 2.24) is 24.4 Å². The molecule has 4 aromatic rings. The third kappa shape index (κ3) is 3.63. The van der Waals surface area contributed by atoms with Gasteiger partial charge in [-0.2, -0.15) is 0 Å². The first-order chi connectivity index (χ1) is 14.2. The molecule has 0 atom stereocenters. The van der Waals surface area contributed by atoms with Crippen LogP contribution in [0.3, 0.4) is 0 Å². The lowest BCUT2D eigenvalue weighted by molar-refractivity contribution is 0.0712. The molecule has 1 aliphatic heterocycles. The number of fused-ring (bicyclic) bond motifs is 1. The first-order valence-electron chi connectivity index (χ1n) is 9.47. The highest BCUT2D eigenvalue weighted by molar-refractivity contribution is 7.18. The summed E-state index contributed by atoms with van der Waals surface area (Å²) < 4.78 is 2.97. The minimum atomic E-state index is 0.0317. The van der Waals surface area contributed by atoms with Gasteiger partial charge < -0.3 is 4.90 Å². The van der Waals surface area contributed by atoms with Crippen LogP contribution in [0.4, 0.5) is 0 Å². The Kier molecular flexibility index (Phi) is 4.77. The number of rotatable bonds is 3. The summed E-state index contributed by atoms with van der Waals surface area (Å²) in [4.78, 5) is 27.9. The number of hydrogen-bond acceptors (Lipinski definition) is 5. The Labute approximate surface area is 176 Å². The van der Waals surface area contributed by atoms with Crippen molar-refractivity contribution < 1.29 is 4.79 Å². The van der Waals surface area contributed by atoms with Gasteiger partial charge in [0, 0.05) is 42.6 Å². The third-order valence-electron chi connectivity index (χ3n) is 5.26. The first-order valence-corrected chi connectivity index (χ1v) is 10.7. The van der Waals surface area contributed by atoms with Crippen molar-refractivity contribution in [2.24, 2.45) is 0 Å². The van der Waals surface area contributed by atoms with Gasteiger partial charge in [-0.3, -0.25) is 9.36 Å². The summed E-state index contributed by atoms with van der Waals surface area (Å²) in [7, 11) is 0. The maximum atomic E-state index is 12.9. The number of thiazole rings is 1. The molecule has 1 saturated heterocycles. The quantitative estimate of drug-likeness (QED) is 0.485. The summed E-state index contributed by atoms with van der Waals surface area (Å²) in [5, 5.41) is 1.85. The Hall–Kier alpha value is -2.77. The fourth-order valence-electron chi connectivity index (χ4n) is 3.67. The molecule has 0 spiro atoms. The van der Waals surface area contributed by atoms with Gasteiger partial charge in [0.05, 0.1) is 20.8 Å². The van der Waals surface area contributed by atoms with E-state index in [9.17, 15) is 4.79 Å². The molecule has 0 unspecified atom stereocenters. The van der Waals surface area contributed by atoms with Crippen LogP contribution in [0.25, 0.3) is 16.0 Å².